The Kier molecular flexibility index (Phi) is 6.86. The van der Waals surface area contributed by atoms with E-state index in [2.05, 4.69) is 10.6 Å². The highest BCUT2D eigenvalue weighted by Crippen LogP contribution is 2.38. The molecule has 1 saturated carbocycles. The van der Waals surface area contributed by atoms with E-state index >= 15 is 0 Å². The zero-order valence-corrected chi connectivity index (χ0v) is 16.8. The number of benzene rings is 2. The molecule has 0 saturated heterocycles. The molecule has 154 valence electrons. The number of rotatable bonds is 7. The summed E-state index contributed by atoms with van der Waals surface area (Å²) in [5.41, 5.74) is 1.56. The fourth-order valence-corrected chi connectivity index (χ4v) is 3.91. The monoisotopic (exact) mass is 397 g/mol. The van der Waals surface area contributed by atoms with Crippen molar-refractivity contribution in [1.82, 2.24) is 15.5 Å². The lowest BCUT2D eigenvalue weighted by Gasteiger charge is -2.31. The van der Waals surface area contributed by atoms with Crippen LogP contribution in [0.3, 0.4) is 0 Å². The van der Waals surface area contributed by atoms with Crippen molar-refractivity contribution in [2.45, 2.75) is 44.2 Å². The van der Waals surface area contributed by atoms with E-state index in [4.69, 9.17) is 0 Å². The second kappa shape index (κ2) is 9.54. The SMILES string of the molecule is CN(Cc1ccccc1)C(=O)NCCC(=O)NC1(c2ccc(F)cc2)CCCC1. The quantitative estimate of drug-likeness (QED) is 0.743. The first kappa shape index (κ1) is 20.8. The predicted octanol–water partition coefficient (Wildman–Crippen LogP) is 3.94. The maximum Gasteiger partial charge on any atom is 0.317 e. The Labute approximate surface area is 171 Å². The molecule has 29 heavy (non-hydrogen) atoms. The maximum atomic E-state index is 13.3. The van der Waals surface area contributed by atoms with Gasteiger partial charge in [-0.15, -0.1) is 0 Å². The molecule has 0 spiro atoms. The van der Waals surface area contributed by atoms with Gasteiger partial charge in [-0.25, -0.2) is 9.18 Å². The summed E-state index contributed by atoms with van der Waals surface area (Å²) >= 11 is 0. The van der Waals surface area contributed by atoms with Crippen molar-refractivity contribution in [2.75, 3.05) is 13.6 Å². The molecule has 6 heteroatoms. The van der Waals surface area contributed by atoms with Crippen LogP contribution in [0.4, 0.5) is 9.18 Å². The smallest absolute Gasteiger partial charge is 0.317 e. The number of nitrogens with one attached hydrogen (secondary N) is 2. The van der Waals surface area contributed by atoms with Gasteiger partial charge in [-0.05, 0) is 36.1 Å². The summed E-state index contributed by atoms with van der Waals surface area (Å²) in [6.45, 7) is 0.774. The fraction of sp³-hybridized carbons (Fsp3) is 0.391. The van der Waals surface area contributed by atoms with E-state index < -0.39 is 5.54 Å². The molecule has 0 unspecified atom stereocenters. The average molecular weight is 397 g/mol. The standard InChI is InChI=1S/C23H28FN3O2/c1-27(17-18-7-3-2-4-8-18)22(29)25-16-13-21(28)26-23(14-5-6-15-23)19-9-11-20(24)12-10-19/h2-4,7-12H,5-6,13-17H2,1H3,(H,25,29)(H,26,28). The average Bonchev–Trinajstić information content (AvgIpc) is 3.18. The minimum atomic E-state index is -0.432. The molecule has 0 atom stereocenters. The molecule has 0 radical (unpaired) electrons. The van der Waals surface area contributed by atoms with Crippen molar-refractivity contribution in [3.8, 4) is 0 Å². The number of nitrogens with zero attached hydrogens (tertiary/aromatic N) is 1. The van der Waals surface area contributed by atoms with Gasteiger partial charge >= 0.3 is 6.03 Å². The molecular formula is C23H28FN3O2. The third-order valence-electron chi connectivity index (χ3n) is 5.47. The highest BCUT2D eigenvalue weighted by Gasteiger charge is 2.36. The minimum Gasteiger partial charge on any atom is -0.347 e. The number of carbonyl (C=O) groups excluding carboxylic acids is 2. The van der Waals surface area contributed by atoms with Gasteiger partial charge in [0.1, 0.15) is 5.82 Å². The van der Waals surface area contributed by atoms with Gasteiger partial charge in [0, 0.05) is 26.6 Å². The molecule has 1 aliphatic carbocycles. The topological polar surface area (TPSA) is 61.4 Å². The number of halogens is 1. The number of urea groups is 1. The van der Waals surface area contributed by atoms with Gasteiger partial charge in [0.2, 0.25) is 5.91 Å². The number of carbonyl (C=O) groups is 2. The molecule has 5 nitrogen and oxygen atoms in total. The highest BCUT2D eigenvalue weighted by atomic mass is 19.1. The largest absolute Gasteiger partial charge is 0.347 e. The summed E-state index contributed by atoms with van der Waals surface area (Å²) in [5, 5.41) is 5.94. The first-order valence-electron chi connectivity index (χ1n) is 10.1. The van der Waals surface area contributed by atoms with Crippen LogP contribution >= 0.6 is 0 Å². The summed E-state index contributed by atoms with van der Waals surface area (Å²) < 4.78 is 13.3. The molecule has 3 rings (SSSR count). The zero-order chi connectivity index (χ0) is 20.7. The van der Waals surface area contributed by atoms with E-state index in [1.165, 1.54) is 12.1 Å². The predicted molar refractivity (Wildman–Crippen MR) is 111 cm³/mol. The van der Waals surface area contributed by atoms with Gasteiger partial charge in [0.25, 0.3) is 0 Å². The zero-order valence-electron chi connectivity index (χ0n) is 16.8. The molecule has 0 bridgehead atoms. The Balaban J connectivity index is 1.48. The van der Waals surface area contributed by atoms with Crippen molar-refractivity contribution < 1.29 is 14.0 Å². The van der Waals surface area contributed by atoms with Gasteiger partial charge in [0.15, 0.2) is 0 Å². The molecule has 2 N–H and O–H groups in total. The lowest BCUT2D eigenvalue weighted by atomic mass is 9.88. The molecule has 0 aliphatic heterocycles. The summed E-state index contributed by atoms with van der Waals surface area (Å²) in [4.78, 5) is 26.4. The van der Waals surface area contributed by atoms with Gasteiger partial charge in [-0.2, -0.15) is 0 Å². The van der Waals surface area contributed by atoms with E-state index in [-0.39, 0.29) is 30.7 Å². The van der Waals surface area contributed by atoms with E-state index in [1.54, 1.807) is 24.1 Å². The fourth-order valence-electron chi connectivity index (χ4n) is 3.91. The Bertz CT molecular complexity index is 818. The Morgan fingerprint density at radius 1 is 1.03 bits per heavy atom. The highest BCUT2D eigenvalue weighted by molar-refractivity contribution is 5.79. The van der Waals surface area contributed by atoms with Crippen molar-refractivity contribution in [1.29, 1.82) is 0 Å². The third-order valence-corrected chi connectivity index (χ3v) is 5.47. The second-order valence-corrected chi connectivity index (χ2v) is 7.67. The van der Waals surface area contributed by atoms with Crippen molar-refractivity contribution >= 4 is 11.9 Å². The van der Waals surface area contributed by atoms with Crippen LogP contribution in [-0.4, -0.2) is 30.4 Å². The Hall–Kier alpha value is -2.89. The molecular weight excluding hydrogens is 369 g/mol. The lowest BCUT2D eigenvalue weighted by molar-refractivity contribution is -0.123. The molecule has 1 aliphatic rings. The van der Waals surface area contributed by atoms with E-state index in [1.807, 2.05) is 30.3 Å². The number of amides is 3. The Morgan fingerprint density at radius 2 is 1.69 bits per heavy atom. The normalized spacial score (nSPS) is 15.0. The molecule has 0 heterocycles. The summed E-state index contributed by atoms with van der Waals surface area (Å²) in [6.07, 6.45) is 3.94. The van der Waals surface area contributed by atoms with Gasteiger partial charge in [0.05, 0.1) is 5.54 Å². The summed E-state index contributed by atoms with van der Waals surface area (Å²) in [7, 11) is 1.73. The third kappa shape index (κ3) is 5.56. The summed E-state index contributed by atoms with van der Waals surface area (Å²) in [5.74, 6) is -0.391. The molecule has 2 aromatic carbocycles. The van der Waals surface area contributed by atoms with E-state index in [9.17, 15) is 14.0 Å². The van der Waals surface area contributed by atoms with Crippen LogP contribution in [-0.2, 0) is 16.9 Å². The minimum absolute atomic E-state index is 0.109. The first-order chi connectivity index (χ1) is 14.0. The number of hydrogen-bond donors (Lipinski definition) is 2. The molecule has 2 aromatic rings. The van der Waals surface area contributed by atoms with Crippen molar-refractivity contribution in [3.05, 3.63) is 71.5 Å². The lowest BCUT2D eigenvalue weighted by Crippen LogP contribution is -2.45. The van der Waals surface area contributed by atoms with Crippen molar-refractivity contribution in [3.63, 3.8) is 0 Å². The van der Waals surface area contributed by atoms with Gasteiger partial charge in [-0.3, -0.25) is 4.79 Å². The van der Waals surface area contributed by atoms with Crippen LogP contribution in [0.2, 0.25) is 0 Å². The van der Waals surface area contributed by atoms with E-state index in [0.717, 1.165) is 36.8 Å². The molecule has 0 aromatic heterocycles. The van der Waals surface area contributed by atoms with Gasteiger partial charge < -0.3 is 15.5 Å². The van der Waals surface area contributed by atoms with Gasteiger partial charge in [-0.1, -0.05) is 55.3 Å². The van der Waals surface area contributed by atoms with Crippen LogP contribution < -0.4 is 10.6 Å². The number of hydrogen-bond acceptors (Lipinski definition) is 2. The molecule has 1 fully saturated rings. The maximum absolute atomic E-state index is 13.3. The van der Waals surface area contributed by atoms with E-state index in [0.29, 0.717) is 6.54 Å². The van der Waals surface area contributed by atoms with Crippen LogP contribution in [0, 0.1) is 5.82 Å². The summed E-state index contributed by atoms with van der Waals surface area (Å²) in [6, 6.07) is 15.9. The van der Waals surface area contributed by atoms with Crippen molar-refractivity contribution in [2.24, 2.45) is 0 Å². The Morgan fingerprint density at radius 3 is 2.34 bits per heavy atom. The second-order valence-electron chi connectivity index (χ2n) is 7.67. The van der Waals surface area contributed by atoms with Crippen LogP contribution in [0.1, 0.15) is 43.2 Å². The van der Waals surface area contributed by atoms with Crippen LogP contribution in [0.5, 0.6) is 0 Å². The van der Waals surface area contributed by atoms with Crippen LogP contribution in [0.25, 0.3) is 0 Å². The first-order valence-corrected chi connectivity index (χ1v) is 10.1. The molecule has 3 amide bonds. The van der Waals surface area contributed by atoms with Crippen LogP contribution in [0.15, 0.2) is 54.6 Å².